The van der Waals surface area contributed by atoms with E-state index in [2.05, 4.69) is 45.0 Å². The highest BCUT2D eigenvalue weighted by Crippen LogP contribution is 2.46. The quantitative estimate of drug-likeness (QED) is 0.0132. The van der Waals surface area contributed by atoms with Crippen molar-refractivity contribution in [1.29, 1.82) is 0 Å². The van der Waals surface area contributed by atoms with E-state index in [9.17, 15) is 54.6 Å². The number of benzene rings is 6. The van der Waals surface area contributed by atoms with Crippen molar-refractivity contribution in [2.45, 2.75) is 151 Å². The minimum Gasteiger partial charge on any atom is -0.755 e. The lowest BCUT2D eigenvalue weighted by Crippen LogP contribution is -2.41. The SMILES string of the molecule is CCOC(=O)c1csc(-n2nc(-c3ccc(F)c(-c4ccc(C)o4)c3)c(Cc3ccc(NS(=O)[O-])cc3F)c2CC2CC2)n1.CCOC(=O)c1csc(-n2nc(-c3ccc(F)c(Br)c3)c(Cc3ccc(NS(=O)[O-])cc3F)c2CC2CC2)n1.Cc1ccc(-c2cc(-c3nn(-c4nc(C(=O)O)cs4)c(CC4CC4)c3Cc3ccc(NS(=O)[O-])cc3F)ccc2F)o1.Cc1ccc(B2OC(C)(C)C(C)(C)O2)o1. The fraction of sp³-hybridized carbons (Fsp3) is 0.289. The number of halogens is 7. The van der Waals surface area contributed by atoms with Gasteiger partial charge < -0.3 is 65.0 Å². The Bertz CT molecular complexity index is 7220. The van der Waals surface area contributed by atoms with Gasteiger partial charge in [0.2, 0.25) is 15.4 Å². The molecule has 0 radical (unpaired) electrons. The number of carbonyl (C=O) groups is 3. The number of furan rings is 3. The van der Waals surface area contributed by atoms with Gasteiger partial charge in [-0.15, -0.1) is 34.0 Å². The van der Waals surface area contributed by atoms with Gasteiger partial charge in [-0.3, -0.25) is 12.6 Å². The van der Waals surface area contributed by atoms with E-state index in [1.807, 2.05) is 46.8 Å². The van der Waals surface area contributed by atoms with E-state index in [4.69, 9.17) is 47.3 Å². The van der Waals surface area contributed by atoms with Gasteiger partial charge in [-0.05, 0) is 298 Å². The molecule has 1 aliphatic heterocycles. The van der Waals surface area contributed by atoms with Crippen molar-refractivity contribution in [3.05, 3.63) is 286 Å². The van der Waals surface area contributed by atoms with Crippen LogP contribution in [0.5, 0.6) is 0 Å². The van der Waals surface area contributed by atoms with Crippen LogP contribution in [-0.4, -0.2) is 125 Å². The Balaban J connectivity index is 0.000000141. The number of aryl methyl sites for hydroxylation is 3. The molecule has 6 aromatic carbocycles. The summed E-state index contributed by atoms with van der Waals surface area (Å²) in [6, 6.07) is 36.7. The van der Waals surface area contributed by atoms with Gasteiger partial charge in [-0.1, -0.05) is 18.2 Å². The summed E-state index contributed by atoms with van der Waals surface area (Å²) in [6.45, 7) is 17.4. The number of thiazole rings is 3. The number of ether oxygens (including phenoxy) is 2. The van der Waals surface area contributed by atoms with Gasteiger partial charge in [0.1, 0.15) is 63.6 Å². The molecule has 19 rings (SSSR count). The first-order chi connectivity index (χ1) is 66.9. The van der Waals surface area contributed by atoms with E-state index in [1.165, 1.54) is 82.7 Å². The first kappa shape index (κ1) is 101. The van der Waals surface area contributed by atoms with Crippen LogP contribution >= 0.6 is 49.9 Å². The van der Waals surface area contributed by atoms with Gasteiger partial charge in [0.05, 0.1) is 79.9 Å². The van der Waals surface area contributed by atoms with Gasteiger partial charge >= 0.3 is 25.0 Å². The lowest BCUT2D eigenvalue weighted by Gasteiger charge is -2.32. The summed E-state index contributed by atoms with van der Waals surface area (Å²) in [5.74, 6) is -1.36. The summed E-state index contributed by atoms with van der Waals surface area (Å²) < 4.78 is 207. The Morgan fingerprint density at radius 1 is 0.464 bits per heavy atom. The largest absolute Gasteiger partial charge is 0.755 e. The molecule has 0 bridgehead atoms. The number of nitrogens with zero attached hydrogens (tertiary/aromatic N) is 9. The molecule has 29 nitrogen and oxygen atoms in total. The molecule has 3 aliphatic carbocycles. The van der Waals surface area contributed by atoms with Crippen LogP contribution in [0.25, 0.3) is 71.8 Å². The summed E-state index contributed by atoms with van der Waals surface area (Å²) in [7, 11) is -0.385. The topological polar surface area (TPSA) is 396 Å². The molecule has 4 aliphatic rings. The summed E-state index contributed by atoms with van der Waals surface area (Å²) >= 11 is -0.951. The predicted molar refractivity (Wildman–Crippen MR) is 519 cm³/mol. The third kappa shape index (κ3) is 24.0. The number of carbonyl (C=O) groups excluding carboxylic acids is 2. The zero-order valence-corrected chi connectivity index (χ0v) is 82.9. The van der Waals surface area contributed by atoms with Crippen LogP contribution in [0.1, 0.15) is 179 Å². The molecule has 9 aromatic heterocycles. The van der Waals surface area contributed by atoms with Gasteiger partial charge in [-0.2, -0.15) is 15.3 Å². The zero-order chi connectivity index (χ0) is 99.4. The summed E-state index contributed by atoms with van der Waals surface area (Å²) in [5.41, 5.74) is 9.82. The number of hydrogen-bond acceptors (Lipinski definition) is 25. The van der Waals surface area contributed by atoms with Crippen molar-refractivity contribution >= 4 is 131 Å². The number of anilines is 3. The number of carboxylic acids is 1. The Morgan fingerprint density at radius 3 is 1.10 bits per heavy atom. The lowest BCUT2D eigenvalue weighted by atomic mass is 9.86. The van der Waals surface area contributed by atoms with Crippen molar-refractivity contribution in [2.24, 2.45) is 17.8 Å². The Hall–Kier alpha value is -12.1. The molecule has 0 spiro atoms. The molecular weight excluding hydrogens is 2000 g/mol. The molecule has 1 saturated heterocycles. The van der Waals surface area contributed by atoms with Crippen molar-refractivity contribution in [3.8, 4) is 71.8 Å². The van der Waals surface area contributed by atoms with E-state index in [0.717, 1.165) is 102 Å². The number of hydrogen-bond donors (Lipinski definition) is 4. The average Bonchev–Trinajstić information content (AvgIpc) is 1.57. The molecular formula is C97H89BBrF6N12O17S6-3. The lowest BCUT2D eigenvalue weighted by molar-refractivity contribution is 0.00578. The zero-order valence-electron chi connectivity index (χ0n) is 76.4. The number of esters is 2. The van der Waals surface area contributed by atoms with Gasteiger partial charge in [-0.25, -0.2) is 69.7 Å². The normalized spacial score (nSPS) is 14.8. The highest BCUT2D eigenvalue weighted by atomic mass is 79.9. The fourth-order valence-electron chi connectivity index (χ4n) is 15.6. The Morgan fingerprint density at radius 2 is 0.800 bits per heavy atom. The van der Waals surface area contributed by atoms with Crippen LogP contribution in [-0.2, 0) is 91.1 Å². The number of rotatable bonds is 32. The van der Waals surface area contributed by atoms with E-state index in [1.54, 1.807) is 113 Å². The third-order valence-electron chi connectivity index (χ3n) is 23.8. The second-order valence-electron chi connectivity index (χ2n) is 34.6. The molecule has 4 N–H and O–H groups in total. The molecule has 140 heavy (non-hydrogen) atoms. The van der Waals surface area contributed by atoms with Crippen LogP contribution in [0.3, 0.4) is 0 Å². The average molecular weight is 2090 g/mol. The Kier molecular flexibility index (Phi) is 31.1. The number of aromatic carboxylic acids is 1. The highest BCUT2D eigenvalue weighted by molar-refractivity contribution is 9.10. The summed E-state index contributed by atoms with van der Waals surface area (Å²) in [4.78, 5) is 49.5. The predicted octanol–water partition coefficient (Wildman–Crippen LogP) is 20.9. The number of aromatic nitrogens is 9. The van der Waals surface area contributed by atoms with Gasteiger partial charge in [0, 0.05) is 120 Å². The molecule has 3 saturated carbocycles. The van der Waals surface area contributed by atoms with Crippen molar-refractivity contribution in [2.75, 3.05) is 27.4 Å². The second-order valence-corrected chi connectivity index (χ2v) is 40.0. The van der Waals surface area contributed by atoms with E-state index in [-0.39, 0.29) is 101 Å². The fourth-order valence-corrected chi connectivity index (χ4v) is 19.2. The smallest absolute Gasteiger partial charge is 0.532 e. The first-order valence-electron chi connectivity index (χ1n) is 44.2. The summed E-state index contributed by atoms with van der Waals surface area (Å²) in [6.07, 6.45) is 8.45. The third-order valence-corrected chi connectivity index (χ3v) is 28.1. The molecule has 3 atom stereocenters. The molecule has 730 valence electrons. The summed E-state index contributed by atoms with van der Waals surface area (Å²) in [5, 5.41) is 30.0. The second kappa shape index (κ2) is 43.1. The first-order valence-corrected chi connectivity index (χ1v) is 50.9. The standard InChI is InChI=1S/C31H28F2N4O5S2.C29H24F2N4O5S2.C26H23BrF2N4O4S2.C11H17BO3/c1-3-41-30(38)26-16-43-31(34-26)37-27(12-18-5-6-18)23(13-19-7-9-21(15-25(19)33)36-44(39)40)29(35-37)20-8-10-24(32)22(14-20)28-11-4-17(2)42-28;1-15-2-9-26(40-15)20-12-18(6-8-22(20)30)27-21(11-17-5-7-19(13-23(17)31)34-42(38)39)25(10-16-3-4-16)35(33-27)29-32-24(14-41-29)28(36)37;1-2-37-25(34)22-13-38-26(30-22)33-23(9-14-3-4-14)18(24(31-33)16-6-8-20(28)19(27)11-16)10-15-5-7-17(12-21(15)29)32-39(35)36;1-8-6-7-9(13-8)12-14-10(2,3)11(4,5)15-12/h4,7-11,14-16,18,36H,3,5-6,12-13H2,1-2H3,(H,39,40);2,5-9,12-14,16,34H,3-4,10-11H2,1H3,(H,36,37)(H,38,39);5-8,11-14,32H,2-4,9-10H2,1H3,(H,35,36);6-7H,1-5H3/p-3. The molecule has 43 heteroatoms. The molecule has 3 unspecified atom stereocenters. The monoisotopic (exact) mass is 2090 g/mol. The van der Waals surface area contributed by atoms with Crippen molar-refractivity contribution in [3.63, 3.8) is 0 Å². The maximum absolute atomic E-state index is 15.4. The molecule has 10 heterocycles. The maximum Gasteiger partial charge on any atom is 0.532 e. The maximum atomic E-state index is 15.4. The minimum absolute atomic E-state index is 0.0830. The van der Waals surface area contributed by atoms with Crippen LogP contribution in [0.15, 0.2) is 179 Å². The molecule has 15 aromatic rings. The van der Waals surface area contributed by atoms with Crippen LogP contribution < -0.4 is 19.8 Å². The Labute approximate surface area is 827 Å². The molecule has 0 amide bonds. The van der Waals surface area contributed by atoms with Crippen LogP contribution in [0, 0.1) is 73.4 Å². The van der Waals surface area contributed by atoms with E-state index < -0.39 is 86.6 Å². The number of nitrogens with one attached hydrogen (secondary N) is 3. The van der Waals surface area contributed by atoms with Crippen LogP contribution in [0.2, 0.25) is 0 Å². The van der Waals surface area contributed by atoms with Gasteiger partial charge in [0.25, 0.3) is 0 Å². The number of carboxylic acid groups (broad SMARTS) is 1. The molecule has 4 fully saturated rings. The van der Waals surface area contributed by atoms with Crippen molar-refractivity contribution < 1.29 is 104 Å². The van der Waals surface area contributed by atoms with Crippen LogP contribution in [0.4, 0.5) is 43.4 Å². The minimum atomic E-state index is -2.61. The van der Waals surface area contributed by atoms with Crippen molar-refractivity contribution in [1.82, 2.24) is 44.3 Å². The van der Waals surface area contributed by atoms with Gasteiger partial charge in [0.15, 0.2) is 17.1 Å². The highest BCUT2D eigenvalue weighted by Gasteiger charge is 2.53. The van der Waals surface area contributed by atoms with E-state index >= 15 is 17.6 Å². The van der Waals surface area contributed by atoms with E-state index in [0.29, 0.717) is 137 Å².